The summed E-state index contributed by atoms with van der Waals surface area (Å²) in [7, 11) is 0. The van der Waals surface area contributed by atoms with E-state index in [1.807, 2.05) is 34.4 Å². The molecule has 1 aliphatic carbocycles. The Kier molecular flexibility index (Phi) is 5.37. The van der Waals surface area contributed by atoms with Gasteiger partial charge in [-0.05, 0) is 74.3 Å². The normalized spacial score (nSPS) is 17.7. The molecule has 2 aromatic heterocycles. The summed E-state index contributed by atoms with van der Waals surface area (Å²) >= 11 is 3.62. The molecule has 0 fully saturated rings. The van der Waals surface area contributed by atoms with Gasteiger partial charge in [-0.25, -0.2) is 4.79 Å². The largest absolute Gasteiger partial charge is 0.322 e. The van der Waals surface area contributed by atoms with Crippen molar-refractivity contribution in [1.29, 1.82) is 0 Å². The molecule has 3 aromatic rings. The van der Waals surface area contributed by atoms with Crippen molar-refractivity contribution in [2.24, 2.45) is 0 Å². The molecule has 0 unspecified atom stereocenters. The smallest absolute Gasteiger partial charge is 0.312 e. The van der Waals surface area contributed by atoms with Gasteiger partial charge in [0.2, 0.25) is 0 Å². The van der Waals surface area contributed by atoms with Gasteiger partial charge in [0.1, 0.15) is 5.00 Å². The molecular weight excluding hydrogens is 410 g/mol. The zero-order valence-corrected chi connectivity index (χ0v) is 19.1. The third-order valence-electron chi connectivity index (χ3n) is 6.27. The van der Waals surface area contributed by atoms with Gasteiger partial charge in [-0.3, -0.25) is 0 Å². The number of carbonyl (C=O) groups excluding carboxylic acids is 1. The molecule has 0 saturated carbocycles. The number of thioether (sulfide) groups is 1. The average molecular weight is 438 g/mol. The lowest BCUT2D eigenvalue weighted by Gasteiger charge is -2.30. The molecule has 3 heterocycles. The highest BCUT2D eigenvalue weighted by Gasteiger charge is 2.34. The topological polar surface area (TPSA) is 37.3 Å². The maximum atomic E-state index is 13.5. The zero-order chi connectivity index (χ0) is 20.7. The highest BCUT2D eigenvalue weighted by atomic mass is 32.2. The van der Waals surface area contributed by atoms with Crippen molar-refractivity contribution in [3.05, 3.63) is 64.3 Å². The Hall–Kier alpha value is -2.18. The van der Waals surface area contributed by atoms with Crippen LogP contribution in [-0.4, -0.2) is 21.8 Å². The molecule has 6 heteroatoms. The van der Waals surface area contributed by atoms with E-state index >= 15 is 0 Å². The van der Waals surface area contributed by atoms with E-state index in [4.69, 9.17) is 0 Å². The van der Waals surface area contributed by atoms with Crippen LogP contribution in [0.2, 0.25) is 0 Å². The summed E-state index contributed by atoms with van der Waals surface area (Å²) < 4.78 is 2.34. The first-order valence-corrected chi connectivity index (χ1v) is 12.8. The Balaban J connectivity index is 1.55. The fourth-order valence-electron chi connectivity index (χ4n) is 4.80. The minimum atomic E-state index is -0.0172. The van der Waals surface area contributed by atoms with E-state index in [0.717, 1.165) is 23.4 Å². The first-order valence-electron chi connectivity index (χ1n) is 10.7. The number of hydrogen-bond donors (Lipinski definition) is 1. The van der Waals surface area contributed by atoms with Crippen molar-refractivity contribution in [3.63, 3.8) is 0 Å². The maximum absolute atomic E-state index is 13.5. The molecule has 4 nitrogen and oxygen atoms in total. The van der Waals surface area contributed by atoms with Gasteiger partial charge in [-0.15, -0.1) is 23.1 Å². The van der Waals surface area contributed by atoms with Crippen LogP contribution in [0.5, 0.6) is 0 Å². The number of aromatic nitrogens is 1. The highest BCUT2D eigenvalue weighted by Crippen LogP contribution is 2.43. The number of nitrogens with one attached hydrogen (secondary N) is 1. The van der Waals surface area contributed by atoms with Crippen molar-refractivity contribution in [2.75, 3.05) is 11.6 Å². The summed E-state index contributed by atoms with van der Waals surface area (Å²) in [6.07, 6.45) is 9.95. The van der Waals surface area contributed by atoms with Crippen LogP contribution in [0.1, 0.15) is 53.9 Å². The number of rotatable bonds is 3. The number of nitrogens with zero attached hydrogens (tertiary/aromatic N) is 2. The average Bonchev–Trinajstić information content (AvgIpc) is 3.36. The Morgan fingerprint density at radius 3 is 2.90 bits per heavy atom. The number of fused-ring (bicyclic) bond motifs is 5. The highest BCUT2D eigenvalue weighted by molar-refractivity contribution is 7.98. The molecule has 156 valence electrons. The SMILES string of the molecule is CC[C@H]1c2cccn2-c2sc3c(c2CN1C(=O)Nc1cccc(SC)c1)CCCC3. The molecule has 0 bridgehead atoms. The summed E-state index contributed by atoms with van der Waals surface area (Å²) in [5.41, 5.74) is 4.92. The maximum Gasteiger partial charge on any atom is 0.322 e. The first kappa shape index (κ1) is 19.8. The second-order valence-corrected chi connectivity index (χ2v) is 9.97. The van der Waals surface area contributed by atoms with Gasteiger partial charge in [-0.1, -0.05) is 13.0 Å². The van der Waals surface area contributed by atoms with Gasteiger partial charge < -0.3 is 14.8 Å². The monoisotopic (exact) mass is 437 g/mol. The molecule has 2 aliphatic rings. The second-order valence-electron chi connectivity index (χ2n) is 8.01. The van der Waals surface area contributed by atoms with Crippen molar-refractivity contribution >= 4 is 34.8 Å². The fraction of sp³-hybridized carbons (Fsp3) is 0.375. The molecule has 1 aromatic carbocycles. The van der Waals surface area contributed by atoms with Crippen LogP contribution in [0.4, 0.5) is 10.5 Å². The van der Waals surface area contributed by atoms with Crippen LogP contribution in [-0.2, 0) is 19.4 Å². The fourth-order valence-corrected chi connectivity index (χ4v) is 6.67. The van der Waals surface area contributed by atoms with E-state index in [1.165, 1.54) is 46.0 Å². The number of amides is 2. The second kappa shape index (κ2) is 8.16. The third kappa shape index (κ3) is 3.36. The lowest BCUT2D eigenvalue weighted by atomic mass is 9.95. The van der Waals surface area contributed by atoms with Gasteiger partial charge in [0.25, 0.3) is 0 Å². The van der Waals surface area contributed by atoms with Gasteiger partial charge >= 0.3 is 6.03 Å². The Morgan fingerprint density at radius 1 is 1.20 bits per heavy atom. The van der Waals surface area contributed by atoms with Crippen LogP contribution < -0.4 is 5.32 Å². The van der Waals surface area contributed by atoms with E-state index in [1.54, 1.807) is 11.8 Å². The number of hydrogen-bond acceptors (Lipinski definition) is 3. The van der Waals surface area contributed by atoms with Gasteiger partial charge in [0.15, 0.2) is 0 Å². The lowest BCUT2D eigenvalue weighted by Crippen LogP contribution is -2.37. The molecule has 1 N–H and O–H groups in total. The lowest BCUT2D eigenvalue weighted by molar-refractivity contribution is 0.181. The molecular formula is C24H27N3OS2. The minimum Gasteiger partial charge on any atom is -0.312 e. The van der Waals surface area contributed by atoms with E-state index in [2.05, 4.69) is 47.5 Å². The predicted octanol–water partition coefficient (Wildman–Crippen LogP) is 6.64. The number of anilines is 1. The summed E-state index contributed by atoms with van der Waals surface area (Å²) in [5.74, 6) is 0. The Bertz CT molecular complexity index is 1080. The van der Waals surface area contributed by atoms with Crippen LogP contribution in [0.25, 0.3) is 5.00 Å². The number of carbonyl (C=O) groups is 1. The van der Waals surface area contributed by atoms with Gasteiger partial charge in [0, 0.05) is 32.9 Å². The van der Waals surface area contributed by atoms with Crippen molar-refractivity contribution in [2.45, 2.75) is 56.5 Å². The van der Waals surface area contributed by atoms with E-state index < -0.39 is 0 Å². The molecule has 1 aliphatic heterocycles. The van der Waals surface area contributed by atoms with Crippen molar-refractivity contribution < 1.29 is 4.79 Å². The standard InChI is InChI=1S/C24H27N3OS2/c1-3-20-21-11-7-13-26(21)23-19(18-10-4-5-12-22(18)30-23)15-27(20)24(28)25-16-8-6-9-17(14-16)29-2/h6-9,11,13-14,20H,3-5,10,12,15H2,1-2H3,(H,25,28)/t20-/m0/s1. The Labute approximate surface area is 186 Å². The molecule has 30 heavy (non-hydrogen) atoms. The van der Waals surface area contributed by atoms with Crippen LogP contribution in [0.15, 0.2) is 47.5 Å². The van der Waals surface area contributed by atoms with Crippen molar-refractivity contribution in [1.82, 2.24) is 9.47 Å². The Morgan fingerprint density at radius 2 is 2.07 bits per heavy atom. The van der Waals surface area contributed by atoms with E-state index in [9.17, 15) is 4.79 Å². The van der Waals surface area contributed by atoms with Gasteiger partial charge in [-0.2, -0.15) is 0 Å². The number of aryl methyl sites for hydroxylation is 1. The van der Waals surface area contributed by atoms with Crippen LogP contribution in [0.3, 0.4) is 0 Å². The van der Waals surface area contributed by atoms with E-state index in [0.29, 0.717) is 6.54 Å². The molecule has 1 atom stereocenters. The number of benzene rings is 1. The summed E-state index contributed by atoms with van der Waals surface area (Å²) in [5, 5.41) is 4.49. The molecule has 0 radical (unpaired) electrons. The molecule has 0 spiro atoms. The van der Waals surface area contributed by atoms with E-state index in [-0.39, 0.29) is 12.1 Å². The third-order valence-corrected chi connectivity index (χ3v) is 8.33. The summed E-state index contributed by atoms with van der Waals surface area (Å²) in [6.45, 7) is 2.85. The zero-order valence-electron chi connectivity index (χ0n) is 17.5. The molecule has 0 saturated heterocycles. The quantitative estimate of drug-likeness (QED) is 0.466. The summed E-state index contributed by atoms with van der Waals surface area (Å²) in [6, 6.07) is 12.4. The molecule has 2 amide bonds. The first-order chi connectivity index (χ1) is 14.7. The summed E-state index contributed by atoms with van der Waals surface area (Å²) in [4.78, 5) is 18.2. The molecule has 5 rings (SSSR count). The number of urea groups is 1. The van der Waals surface area contributed by atoms with Crippen LogP contribution in [0, 0.1) is 0 Å². The minimum absolute atomic E-state index is 0.0172. The number of thiophene rings is 1. The predicted molar refractivity (Wildman–Crippen MR) is 126 cm³/mol. The van der Waals surface area contributed by atoms with Crippen LogP contribution >= 0.6 is 23.1 Å². The van der Waals surface area contributed by atoms with Gasteiger partial charge in [0.05, 0.1) is 12.6 Å². The van der Waals surface area contributed by atoms with Crippen molar-refractivity contribution in [3.8, 4) is 5.00 Å².